The first-order valence-electron chi connectivity index (χ1n) is 5.74. The van der Waals surface area contributed by atoms with Gasteiger partial charge in [-0.25, -0.2) is 0 Å². The van der Waals surface area contributed by atoms with Crippen LogP contribution in [-0.2, 0) is 13.0 Å². The van der Waals surface area contributed by atoms with Gasteiger partial charge in [0, 0.05) is 12.0 Å². The van der Waals surface area contributed by atoms with Gasteiger partial charge in [-0.1, -0.05) is 24.2 Å². The Balaban J connectivity index is 2.01. The van der Waals surface area contributed by atoms with Crippen LogP contribution in [0.15, 0.2) is 28.8 Å². The van der Waals surface area contributed by atoms with Crippen LogP contribution in [0.4, 0.5) is 0 Å². The molecule has 2 rings (SSSR count). The molecule has 0 saturated heterocycles. The van der Waals surface area contributed by atoms with Crippen molar-refractivity contribution in [1.82, 2.24) is 10.1 Å². The van der Waals surface area contributed by atoms with E-state index in [9.17, 15) is 4.79 Å². The first kappa shape index (κ1) is 12.3. The molecule has 0 bridgehead atoms. The summed E-state index contributed by atoms with van der Waals surface area (Å²) < 4.78 is 10.5. The minimum Gasteiger partial charge on any atom is -0.485 e. The van der Waals surface area contributed by atoms with E-state index in [1.54, 1.807) is 24.3 Å². The number of aromatic nitrogens is 2. The third-order valence-electron chi connectivity index (χ3n) is 2.42. The van der Waals surface area contributed by atoms with E-state index in [0.29, 0.717) is 29.4 Å². The van der Waals surface area contributed by atoms with Crippen LogP contribution in [0.5, 0.6) is 5.75 Å². The predicted molar refractivity (Wildman–Crippen MR) is 64.5 cm³/mol. The van der Waals surface area contributed by atoms with E-state index in [1.165, 1.54) is 6.92 Å². The lowest BCUT2D eigenvalue weighted by atomic mass is 10.1. The summed E-state index contributed by atoms with van der Waals surface area (Å²) in [4.78, 5) is 15.4. The van der Waals surface area contributed by atoms with Crippen molar-refractivity contribution in [3.05, 3.63) is 41.5 Å². The molecule has 18 heavy (non-hydrogen) atoms. The predicted octanol–water partition coefficient (Wildman–Crippen LogP) is 2.41. The molecule has 0 aliphatic heterocycles. The highest BCUT2D eigenvalue weighted by atomic mass is 16.5. The topological polar surface area (TPSA) is 65.2 Å². The van der Waals surface area contributed by atoms with Gasteiger partial charge >= 0.3 is 0 Å². The van der Waals surface area contributed by atoms with Crippen molar-refractivity contribution < 1.29 is 14.1 Å². The molecule has 0 atom stereocenters. The molecule has 1 aromatic carbocycles. The molecule has 0 unspecified atom stereocenters. The summed E-state index contributed by atoms with van der Waals surface area (Å²) >= 11 is 0. The third-order valence-corrected chi connectivity index (χ3v) is 2.42. The van der Waals surface area contributed by atoms with Gasteiger partial charge in [-0.05, 0) is 19.1 Å². The molecule has 1 heterocycles. The van der Waals surface area contributed by atoms with Gasteiger partial charge in [-0.3, -0.25) is 4.79 Å². The molecular weight excluding hydrogens is 232 g/mol. The fourth-order valence-electron chi connectivity index (χ4n) is 1.45. The van der Waals surface area contributed by atoms with E-state index in [-0.39, 0.29) is 12.4 Å². The van der Waals surface area contributed by atoms with E-state index in [4.69, 9.17) is 9.26 Å². The minimum atomic E-state index is 0.00767. The SMILES string of the molecule is CCc1nc(COc2cccc(C(C)=O)c2)no1. The summed E-state index contributed by atoms with van der Waals surface area (Å²) in [7, 11) is 0. The lowest BCUT2D eigenvalue weighted by Crippen LogP contribution is -1.99. The molecule has 0 fully saturated rings. The molecule has 94 valence electrons. The summed E-state index contributed by atoms with van der Waals surface area (Å²) in [5, 5.41) is 3.78. The summed E-state index contributed by atoms with van der Waals surface area (Å²) in [5.41, 5.74) is 0.620. The Morgan fingerprint density at radius 1 is 1.44 bits per heavy atom. The van der Waals surface area contributed by atoms with E-state index in [1.807, 2.05) is 6.92 Å². The summed E-state index contributed by atoms with van der Waals surface area (Å²) in [5.74, 6) is 1.71. The quantitative estimate of drug-likeness (QED) is 0.758. The average Bonchev–Trinajstić information content (AvgIpc) is 2.84. The fraction of sp³-hybridized carbons (Fsp3) is 0.308. The molecule has 0 aliphatic rings. The molecule has 0 N–H and O–H groups in total. The highest BCUT2D eigenvalue weighted by Crippen LogP contribution is 2.15. The van der Waals surface area contributed by atoms with Gasteiger partial charge < -0.3 is 9.26 Å². The second kappa shape index (κ2) is 5.44. The van der Waals surface area contributed by atoms with Crippen molar-refractivity contribution in [3.8, 4) is 5.75 Å². The number of carbonyl (C=O) groups is 1. The molecule has 0 amide bonds. The second-order valence-electron chi connectivity index (χ2n) is 3.83. The molecule has 0 aliphatic carbocycles. The third kappa shape index (κ3) is 2.94. The maximum Gasteiger partial charge on any atom is 0.226 e. The average molecular weight is 246 g/mol. The van der Waals surface area contributed by atoms with Gasteiger partial charge in [-0.2, -0.15) is 4.98 Å². The van der Waals surface area contributed by atoms with Crippen LogP contribution >= 0.6 is 0 Å². The van der Waals surface area contributed by atoms with E-state index in [2.05, 4.69) is 10.1 Å². The summed E-state index contributed by atoms with van der Waals surface area (Å²) in [6.07, 6.45) is 0.701. The Hall–Kier alpha value is -2.17. The molecule has 2 aromatic rings. The smallest absolute Gasteiger partial charge is 0.226 e. The number of rotatable bonds is 5. The Bertz CT molecular complexity index is 549. The lowest BCUT2D eigenvalue weighted by Gasteiger charge is -2.04. The van der Waals surface area contributed by atoms with Crippen molar-refractivity contribution >= 4 is 5.78 Å². The second-order valence-corrected chi connectivity index (χ2v) is 3.83. The fourth-order valence-corrected chi connectivity index (χ4v) is 1.45. The Labute approximate surface area is 105 Å². The van der Waals surface area contributed by atoms with Crippen molar-refractivity contribution in [2.75, 3.05) is 0 Å². The first-order valence-corrected chi connectivity index (χ1v) is 5.74. The van der Waals surface area contributed by atoms with Crippen molar-refractivity contribution in [2.45, 2.75) is 26.9 Å². The zero-order valence-corrected chi connectivity index (χ0v) is 10.3. The van der Waals surface area contributed by atoms with Crippen LogP contribution in [0.1, 0.15) is 35.9 Å². The summed E-state index contributed by atoms with van der Waals surface area (Å²) in [6, 6.07) is 7.01. The van der Waals surface area contributed by atoms with Gasteiger partial charge in [0.2, 0.25) is 11.7 Å². The number of hydrogen-bond donors (Lipinski definition) is 0. The van der Waals surface area contributed by atoms with E-state index in [0.717, 1.165) is 0 Å². The van der Waals surface area contributed by atoms with Crippen molar-refractivity contribution in [3.63, 3.8) is 0 Å². The zero-order valence-electron chi connectivity index (χ0n) is 10.3. The van der Waals surface area contributed by atoms with Gasteiger partial charge in [0.05, 0.1) is 0 Å². The molecule has 5 heteroatoms. The monoisotopic (exact) mass is 246 g/mol. The van der Waals surface area contributed by atoms with E-state index >= 15 is 0 Å². The number of ether oxygens (including phenoxy) is 1. The normalized spacial score (nSPS) is 10.3. The van der Waals surface area contributed by atoms with Gasteiger partial charge in [0.25, 0.3) is 0 Å². The maximum atomic E-state index is 11.2. The van der Waals surface area contributed by atoms with Crippen LogP contribution in [0.2, 0.25) is 0 Å². The van der Waals surface area contributed by atoms with Crippen molar-refractivity contribution in [1.29, 1.82) is 0 Å². The zero-order chi connectivity index (χ0) is 13.0. The molecular formula is C13H14N2O3. The molecule has 0 radical (unpaired) electrons. The number of aryl methyl sites for hydroxylation is 1. The van der Waals surface area contributed by atoms with Crippen LogP contribution in [-0.4, -0.2) is 15.9 Å². The molecule has 1 aromatic heterocycles. The molecule has 0 spiro atoms. The highest BCUT2D eigenvalue weighted by molar-refractivity contribution is 5.94. The van der Waals surface area contributed by atoms with Crippen LogP contribution < -0.4 is 4.74 Å². The number of benzene rings is 1. The Morgan fingerprint density at radius 2 is 2.28 bits per heavy atom. The lowest BCUT2D eigenvalue weighted by molar-refractivity contribution is 0.101. The molecule has 5 nitrogen and oxygen atoms in total. The molecule has 0 saturated carbocycles. The number of hydrogen-bond acceptors (Lipinski definition) is 5. The Kier molecular flexibility index (Phi) is 3.72. The van der Waals surface area contributed by atoms with Gasteiger partial charge in [-0.15, -0.1) is 0 Å². The van der Waals surface area contributed by atoms with Crippen molar-refractivity contribution in [2.24, 2.45) is 0 Å². The number of ketones is 1. The number of carbonyl (C=O) groups excluding carboxylic acids is 1. The largest absolute Gasteiger partial charge is 0.485 e. The minimum absolute atomic E-state index is 0.00767. The first-order chi connectivity index (χ1) is 8.69. The van der Waals surface area contributed by atoms with Crippen LogP contribution in [0.3, 0.4) is 0 Å². The maximum absolute atomic E-state index is 11.2. The number of nitrogens with zero attached hydrogens (tertiary/aromatic N) is 2. The van der Waals surface area contributed by atoms with E-state index < -0.39 is 0 Å². The summed E-state index contributed by atoms with van der Waals surface area (Å²) in [6.45, 7) is 3.69. The Morgan fingerprint density at radius 3 is 2.94 bits per heavy atom. The van der Waals surface area contributed by atoms with Gasteiger partial charge in [0.1, 0.15) is 5.75 Å². The highest BCUT2D eigenvalue weighted by Gasteiger charge is 2.06. The number of Topliss-reactive ketones (excluding diaryl/α,β-unsaturated/α-hetero) is 1. The van der Waals surface area contributed by atoms with Crippen LogP contribution in [0.25, 0.3) is 0 Å². The van der Waals surface area contributed by atoms with Gasteiger partial charge in [0.15, 0.2) is 12.4 Å². The standard InChI is InChI=1S/C13H14N2O3/c1-3-13-14-12(15-18-13)8-17-11-6-4-5-10(7-11)9(2)16/h4-7H,3,8H2,1-2H3. The van der Waals surface area contributed by atoms with Crippen LogP contribution in [0, 0.1) is 0 Å².